The van der Waals surface area contributed by atoms with Gasteiger partial charge < -0.3 is 25.7 Å². The molecule has 2 heterocycles. The van der Waals surface area contributed by atoms with E-state index < -0.39 is 17.9 Å². The second-order valence-corrected chi connectivity index (χ2v) is 7.13. The van der Waals surface area contributed by atoms with Crippen molar-refractivity contribution in [2.45, 2.75) is 6.04 Å². The van der Waals surface area contributed by atoms with Crippen LogP contribution in [0, 0.1) is 0 Å². The van der Waals surface area contributed by atoms with Gasteiger partial charge in [0.25, 0.3) is 5.91 Å². The molecule has 0 aliphatic carbocycles. The number of benzene rings is 2. The Labute approximate surface area is 189 Å². The van der Waals surface area contributed by atoms with E-state index in [4.69, 9.17) is 4.74 Å². The van der Waals surface area contributed by atoms with Crippen LogP contribution in [-0.2, 0) is 9.53 Å². The molecule has 4 aromatic rings. The Kier molecular flexibility index (Phi) is 6.44. The number of rotatable bonds is 8. The van der Waals surface area contributed by atoms with Crippen molar-refractivity contribution >= 4 is 34.5 Å². The minimum Gasteiger partial charge on any atom is -0.467 e. The van der Waals surface area contributed by atoms with Crippen LogP contribution in [0.15, 0.2) is 60.8 Å². The fourth-order valence-electron chi connectivity index (χ4n) is 3.24. The molecule has 168 valence electrons. The largest absolute Gasteiger partial charge is 0.467 e. The SMILES string of the molecule is CNc1nccc(-c2nc3ccc(C(=O)NC(CNc4ccccc4)C(=O)OC)cc3[nH]2)n1. The molecular weight excluding hydrogens is 422 g/mol. The number of nitrogens with zero attached hydrogens (tertiary/aromatic N) is 3. The van der Waals surface area contributed by atoms with Gasteiger partial charge in [0.15, 0.2) is 5.82 Å². The molecule has 2 aromatic heterocycles. The summed E-state index contributed by atoms with van der Waals surface area (Å²) in [7, 11) is 3.02. The standard InChI is InChI=1S/C23H23N7O3/c1-24-23-25-11-10-17(30-23)20-27-16-9-8-14(12-18(16)28-20)21(31)29-19(22(32)33-2)13-26-15-6-4-3-5-7-15/h3-12,19,26H,13H2,1-2H3,(H,27,28)(H,29,31)(H,24,25,30). The molecule has 0 saturated carbocycles. The first-order valence-electron chi connectivity index (χ1n) is 10.3. The number of hydrogen-bond donors (Lipinski definition) is 4. The number of carbonyl (C=O) groups is 2. The average molecular weight is 445 g/mol. The Morgan fingerprint density at radius 3 is 2.67 bits per heavy atom. The van der Waals surface area contributed by atoms with Gasteiger partial charge in [0.05, 0.1) is 18.1 Å². The zero-order valence-electron chi connectivity index (χ0n) is 18.1. The molecule has 0 bridgehead atoms. The van der Waals surface area contributed by atoms with Gasteiger partial charge in [-0.3, -0.25) is 4.79 Å². The summed E-state index contributed by atoms with van der Waals surface area (Å²) in [5, 5.41) is 8.75. The third-order valence-corrected chi connectivity index (χ3v) is 4.94. The van der Waals surface area contributed by atoms with E-state index in [0.29, 0.717) is 34.1 Å². The van der Waals surface area contributed by atoms with Crippen molar-refractivity contribution < 1.29 is 14.3 Å². The molecule has 4 rings (SSSR count). The average Bonchev–Trinajstić information content (AvgIpc) is 3.30. The number of ether oxygens (including phenoxy) is 1. The van der Waals surface area contributed by atoms with Crippen molar-refractivity contribution in [1.82, 2.24) is 25.3 Å². The summed E-state index contributed by atoms with van der Waals surface area (Å²) in [6.45, 7) is 0.181. The van der Waals surface area contributed by atoms with Gasteiger partial charge in [-0.15, -0.1) is 0 Å². The number of amides is 1. The van der Waals surface area contributed by atoms with Crippen LogP contribution in [0.2, 0.25) is 0 Å². The predicted molar refractivity (Wildman–Crippen MR) is 125 cm³/mol. The third-order valence-electron chi connectivity index (χ3n) is 4.94. The van der Waals surface area contributed by atoms with Gasteiger partial charge in [0.1, 0.15) is 11.7 Å². The van der Waals surface area contributed by atoms with Gasteiger partial charge in [-0.25, -0.2) is 19.7 Å². The normalized spacial score (nSPS) is 11.6. The van der Waals surface area contributed by atoms with Crippen LogP contribution < -0.4 is 16.0 Å². The number of aromatic amines is 1. The molecule has 4 N–H and O–H groups in total. The molecule has 1 amide bonds. The summed E-state index contributed by atoms with van der Waals surface area (Å²) >= 11 is 0. The summed E-state index contributed by atoms with van der Waals surface area (Å²) in [4.78, 5) is 41.3. The van der Waals surface area contributed by atoms with Crippen LogP contribution in [0.5, 0.6) is 0 Å². The number of methoxy groups -OCH3 is 1. The molecular formula is C23H23N7O3. The minimum atomic E-state index is -0.864. The van der Waals surface area contributed by atoms with E-state index in [2.05, 4.69) is 35.9 Å². The molecule has 0 aliphatic rings. The molecule has 10 heteroatoms. The highest BCUT2D eigenvalue weighted by molar-refractivity contribution is 5.99. The second-order valence-electron chi connectivity index (χ2n) is 7.13. The summed E-state index contributed by atoms with van der Waals surface area (Å²) in [6.07, 6.45) is 1.64. The fourth-order valence-corrected chi connectivity index (χ4v) is 3.24. The van der Waals surface area contributed by atoms with Crippen LogP contribution >= 0.6 is 0 Å². The van der Waals surface area contributed by atoms with Crippen molar-refractivity contribution in [1.29, 1.82) is 0 Å². The summed E-state index contributed by atoms with van der Waals surface area (Å²) in [5.41, 5.74) is 3.18. The van der Waals surface area contributed by atoms with E-state index in [9.17, 15) is 9.59 Å². The molecule has 0 radical (unpaired) electrons. The number of esters is 1. The summed E-state index contributed by atoms with van der Waals surface area (Å²) in [5.74, 6) is 0.0885. The van der Waals surface area contributed by atoms with Crippen LogP contribution in [0.1, 0.15) is 10.4 Å². The van der Waals surface area contributed by atoms with Crippen LogP contribution in [0.4, 0.5) is 11.6 Å². The lowest BCUT2D eigenvalue weighted by molar-refractivity contribution is -0.142. The quantitative estimate of drug-likeness (QED) is 0.304. The van der Waals surface area contributed by atoms with Crippen molar-refractivity contribution in [3.63, 3.8) is 0 Å². The zero-order chi connectivity index (χ0) is 23.2. The van der Waals surface area contributed by atoms with E-state index in [0.717, 1.165) is 5.69 Å². The van der Waals surface area contributed by atoms with Gasteiger partial charge in [-0.05, 0) is 36.4 Å². The van der Waals surface area contributed by atoms with E-state index >= 15 is 0 Å². The van der Waals surface area contributed by atoms with Gasteiger partial charge in [0, 0.05) is 31.0 Å². The van der Waals surface area contributed by atoms with E-state index in [1.54, 1.807) is 37.5 Å². The Morgan fingerprint density at radius 1 is 1.09 bits per heavy atom. The highest BCUT2D eigenvalue weighted by atomic mass is 16.5. The van der Waals surface area contributed by atoms with E-state index in [1.807, 2.05) is 30.3 Å². The third kappa shape index (κ3) is 5.06. The molecule has 33 heavy (non-hydrogen) atoms. The fraction of sp³-hybridized carbons (Fsp3) is 0.174. The van der Waals surface area contributed by atoms with E-state index in [-0.39, 0.29) is 6.54 Å². The number of anilines is 2. The van der Waals surface area contributed by atoms with E-state index in [1.165, 1.54) is 7.11 Å². The first-order valence-corrected chi connectivity index (χ1v) is 10.3. The molecule has 0 fully saturated rings. The predicted octanol–water partition coefficient (Wildman–Crippen LogP) is 2.45. The maximum absolute atomic E-state index is 12.9. The first kappa shape index (κ1) is 21.8. The first-order chi connectivity index (χ1) is 16.1. The molecule has 10 nitrogen and oxygen atoms in total. The van der Waals surface area contributed by atoms with Crippen LogP contribution in [0.25, 0.3) is 22.6 Å². The summed E-state index contributed by atoms with van der Waals surface area (Å²) in [6, 6.07) is 15.3. The summed E-state index contributed by atoms with van der Waals surface area (Å²) < 4.78 is 4.85. The van der Waals surface area contributed by atoms with Crippen molar-refractivity contribution in [3.8, 4) is 11.5 Å². The van der Waals surface area contributed by atoms with Crippen LogP contribution in [0.3, 0.4) is 0 Å². The lowest BCUT2D eigenvalue weighted by Crippen LogP contribution is -2.46. The Bertz CT molecular complexity index is 1270. The molecule has 0 aliphatic heterocycles. The molecule has 2 aromatic carbocycles. The number of imidazole rings is 1. The maximum atomic E-state index is 12.9. The highest BCUT2D eigenvalue weighted by Crippen LogP contribution is 2.20. The second kappa shape index (κ2) is 9.77. The number of hydrogen-bond acceptors (Lipinski definition) is 8. The molecule has 1 atom stereocenters. The number of fused-ring (bicyclic) bond motifs is 1. The molecule has 0 spiro atoms. The number of nitrogens with one attached hydrogen (secondary N) is 4. The Hall–Kier alpha value is -4.47. The van der Waals surface area contributed by atoms with Crippen molar-refractivity contribution in [2.24, 2.45) is 0 Å². The topological polar surface area (TPSA) is 134 Å². The minimum absolute atomic E-state index is 0.181. The Balaban J connectivity index is 1.51. The highest BCUT2D eigenvalue weighted by Gasteiger charge is 2.22. The monoisotopic (exact) mass is 445 g/mol. The Morgan fingerprint density at radius 2 is 1.91 bits per heavy atom. The molecule has 1 unspecified atom stereocenters. The van der Waals surface area contributed by atoms with Crippen molar-refractivity contribution in [3.05, 3.63) is 66.4 Å². The number of aromatic nitrogens is 4. The van der Waals surface area contributed by atoms with Gasteiger partial charge in [-0.1, -0.05) is 18.2 Å². The maximum Gasteiger partial charge on any atom is 0.330 e. The lowest BCUT2D eigenvalue weighted by Gasteiger charge is -2.18. The smallest absolute Gasteiger partial charge is 0.330 e. The molecule has 0 saturated heterocycles. The van der Waals surface area contributed by atoms with Crippen molar-refractivity contribution in [2.75, 3.05) is 31.3 Å². The lowest BCUT2D eigenvalue weighted by atomic mass is 10.1. The van der Waals surface area contributed by atoms with Gasteiger partial charge >= 0.3 is 5.97 Å². The van der Waals surface area contributed by atoms with Gasteiger partial charge in [-0.2, -0.15) is 0 Å². The number of H-pyrrole nitrogens is 1. The number of para-hydroxylation sites is 1. The van der Waals surface area contributed by atoms with Crippen LogP contribution in [-0.4, -0.2) is 58.6 Å². The van der Waals surface area contributed by atoms with Gasteiger partial charge in [0.2, 0.25) is 5.95 Å². The zero-order valence-corrected chi connectivity index (χ0v) is 18.1. The number of carbonyl (C=O) groups excluding carboxylic acids is 2.